The summed E-state index contributed by atoms with van der Waals surface area (Å²) >= 11 is 0. The summed E-state index contributed by atoms with van der Waals surface area (Å²) in [6, 6.07) is 0. The van der Waals surface area contributed by atoms with Crippen molar-refractivity contribution in [3.05, 3.63) is 25.5 Å². The standard InChI is InChI=1S/C9H17N.CH3.2Y/c1-4-7-10-8-6-9(3)5-2;;;/h4,10H,6-8H2,1-3H3;1H3;;/q-2;-1;;+3. The number of rotatable bonds is 5. The van der Waals surface area contributed by atoms with Gasteiger partial charge in [-0.3, -0.25) is 5.57 Å². The summed E-state index contributed by atoms with van der Waals surface area (Å²) in [7, 11) is 0. The molecule has 0 fully saturated rings. The molecule has 0 saturated carbocycles. The topological polar surface area (TPSA) is 12.0 Å². The largest absolute Gasteiger partial charge is 3.00 e. The van der Waals surface area contributed by atoms with Gasteiger partial charge < -0.3 is 25.2 Å². The van der Waals surface area contributed by atoms with Crippen molar-refractivity contribution in [2.45, 2.75) is 27.2 Å². The molecule has 0 aliphatic rings. The van der Waals surface area contributed by atoms with Crippen LogP contribution in [0.5, 0.6) is 0 Å². The van der Waals surface area contributed by atoms with E-state index in [1.54, 1.807) is 0 Å². The SMILES string of the molecule is C[C-]=C(C)CCNC[CH-]C.[CH3-].[Y+3].[Y]. The average molecular weight is 332 g/mol. The zero-order valence-electron chi connectivity index (χ0n) is 9.35. The summed E-state index contributed by atoms with van der Waals surface area (Å²) in [5.74, 6) is 0. The van der Waals surface area contributed by atoms with E-state index in [0.29, 0.717) is 0 Å². The van der Waals surface area contributed by atoms with Crippen LogP contribution in [-0.2, 0) is 65.4 Å². The predicted molar refractivity (Wildman–Crippen MR) is 52.0 cm³/mol. The van der Waals surface area contributed by atoms with Gasteiger partial charge in [0.1, 0.15) is 0 Å². The summed E-state index contributed by atoms with van der Waals surface area (Å²) in [4.78, 5) is 0. The molecule has 0 amide bonds. The molecule has 0 heterocycles. The van der Waals surface area contributed by atoms with Gasteiger partial charge in [-0.1, -0.05) is 13.3 Å². The first-order valence-corrected chi connectivity index (χ1v) is 3.80. The van der Waals surface area contributed by atoms with Crippen molar-refractivity contribution < 1.29 is 65.4 Å². The normalized spacial score (nSPS) is 9.31. The first-order valence-electron chi connectivity index (χ1n) is 3.80. The van der Waals surface area contributed by atoms with Crippen LogP contribution in [0.25, 0.3) is 0 Å². The molecular weight excluding hydrogens is 312 g/mol. The van der Waals surface area contributed by atoms with Crippen molar-refractivity contribution in [2.24, 2.45) is 0 Å². The Morgan fingerprint density at radius 3 is 2.38 bits per heavy atom. The third kappa shape index (κ3) is 20.1. The second-order valence-corrected chi connectivity index (χ2v) is 2.39. The molecule has 1 nitrogen and oxygen atoms in total. The Labute approximate surface area is 135 Å². The Kier molecular flexibility index (Phi) is 36.3. The van der Waals surface area contributed by atoms with Crippen molar-refractivity contribution in [1.29, 1.82) is 0 Å². The number of hydrogen-bond donors (Lipinski definition) is 1. The molecule has 0 spiro atoms. The van der Waals surface area contributed by atoms with Gasteiger partial charge in [-0.2, -0.15) is 13.8 Å². The van der Waals surface area contributed by atoms with Crippen molar-refractivity contribution in [3.8, 4) is 0 Å². The average Bonchev–Trinajstić information content (AvgIpc) is 1.98. The molecule has 0 aliphatic heterocycles. The van der Waals surface area contributed by atoms with Gasteiger partial charge in [-0.05, 0) is 6.54 Å². The minimum atomic E-state index is 0. The van der Waals surface area contributed by atoms with Crippen LogP contribution in [0.3, 0.4) is 0 Å². The van der Waals surface area contributed by atoms with Crippen LogP contribution in [0, 0.1) is 19.9 Å². The molecule has 0 bridgehead atoms. The van der Waals surface area contributed by atoms with Crippen LogP contribution < -0.4 is 5.32 Å². The van der Waals surface area contributed by atoms with Crippen molar-refractivity contribution in [1.82, 2.24) is 5.32 Å². The monoisotopic (exact) mass is 332 g/mol. The summed E-state index contributed by atoms with van der Waals surface area (Å²) in [6.45, 7) is 8.20. The molecule has 13 heavy (non-hydrogen) atoms. The second-order valence-electron chi connectivity index (χ2n) is 2.39. The molecule has 1 N–H and O–H groups in total. The van der Waals surface area contributed by atoms with E-state index in [-0.39, 0.29) is 72.8 Å². The van der Waals surface area contributed by atoms with E-state index in [4.69, 9.17) is 0 Å². The Morgan fingerprint density at radius 2 is 2.00 bits per heavy atom. The Morgan fingerprint density at radius 1 is 1.46 bits per heavy atom. The first-order chi connectivity index (χ1) is 4.81. The molecule has 1 radical (unpaired) electrons. The molecule has 0 aromatic heterocycles. The van der Waals surface area contributed by atoms with Crippen LogP contribution in [0.1, 0.15) is 27.2 Å². The van der Waals surface area contributed by atoms with Gasteiger partial charge in [-0.15, -0.1) is 6.54 Å². The molecule has 0 unspecified atom stereocenters. The Balaban J connectivity index is -0.000000135. The minimum Gasteiger partial charge on any atom is -0.501 e. The molecule has 0 atom stereocenters. The summed E-state index contributed by atoms with van der Waals surface area (Å²) in [5, 5.41) is 3.28. The molecule has 0 aliphatic carbocycles. The molecule has 0 saturated heterocycles. The fourth-order valence-electron chi connectivity index (χ4n) is 0.647. The smallest absolute Gasteiger partial charge is 0.501 e. The predicted octanol–water partition coefficient (Wildman–Crippen LogP) is 2.40. The second kappa shape index (κ2) is 19.5. The van der Waals surface area contributed by atoms with E-state index in [1.807, 2.05) is 6.92 Å². The summed E-state index contributed by atoms with van der Waals surface area (Å²) in [5.41, 5.74) is 1.34. The van der Waals surface area contributed by atoms with Gasteiger partial charge in [0, 0.05) is 32.7 Å². The molecule has 0 aromatic carbocycles. The fourth-order valence-corrected chi connectivity index (χ4v) is 0.647. The van der Waals surface area contributed by atoms with E-state index < -0.39 is 0 Å². The molecule has 71 valence electrons. The van der Waals surface area contributed by atoms with Crippen LogP contribution >= 0.6 is 0 Å². The maximum absolute atomic E-state index is 3.28. The number of nitrogens with one attached hydrogen (secondary N) is 1. The number of allylic oxidation sites excluding steroid dienone is 1. The van der Waals surface area contributed by atoms with Gasteiger partial charge in [0.05, 0.1) is 0 Å². The van der Waals surface area contributed by atoms with E-state index in [1.165, 1.54) is 5.57 Å². The maximum atomic E-state index is 3.28. The van der Waals surface area contributed by atoms with Crippen LogP contribution in [-0.4, -0.2) is 13.1 Å². The zero-order chi connectivity index (χ0) is 7.82. The fraction of sp³-hybridized carbons (Fsp3) is 0.600. The van der Waals surface area contributed by atoms with Gasteiger partial charge >= 0.3 is 32.7 Å². The van der Waals surface area contributed by atoms with Crippen molar-refractivity contribution in [2.75, 3.05) is 13.1 Å². The third-order valence-electron chi connectivity index (χ3n) is 1.45. The van der Waals surface area contributed by atoms with Gasteiger partial charge in [0.2, 0.25) is 0 Å². The van der Waals surface area contributed by atoms with Crippen molar-refractivity contribution >= 4 is 0 Å². The number of hydrogen-bond acceptors (Lipinski definition) is 1. The molecule has 3 heteroatoms. The third-order valence-corrected chi connectivity index (χ3v) is 1.45. The van der Waals surface area contributed by atoms with E-state index in [0.717, 1.165) is 19.5 Å². The van der Waals surface area contributed by atoms with E-state index in [9.17, 15) is 0 Å². The molecule has 0 rings (SSSR count). The van der Waals surface area contributed by atoms with Crippen LogP contribution in [0.2, 0.25) is 0 Å². The molecular formula is C10H20NY2. The minimum absolute atomic E-state index is 0. The van der Waals surface area contributed by atoms with Gasteiger partial charge in [-0.25, -0.2) is 0 Å². The van der Waals surface area contributed by atoms with Gasteiger partial charge in [0.15, 0.2) is 0 Å². The summed E-state index contributed by atoms with van der Waals surface area (Å²) in [6.07, 6.45) is 6.34. The zero-order valence-corrected chi connectivity index (χ0v) is 15.0. The van der Waals surface area contributed by atoms with Crippen LogP contribution in [0.15, 0.2) is 5.57 Å². The summed E-state index contributed by atoms with van der Waals surface area (Å²) < 4.78 is 0. The van der Waals surface area contributed by atoms with Crippen molar-refractivity contribution in [3.63, 3.8) is 0 Å². The molecule has 0 aromatic rings. The van der Waals surface area contributed by atoms with E-state index in [2.05, 4.69) is 31.7 Å². The Bertz CT molecular complexity index is 103. The first kappa shape index (κ1) is 24.2. The van der Waals surface area contributed by atoms with Crippen LogP contribution in [0.4, 0.5) is 0 Å². The van der Waals surface area contributed by atoms with Gasteiger partial charge in [0.25, 0.3) is 0 Å². The van der Waals surface area contributed by atoms with E-state index >= 15 is 0 Å². The maximum Gasteiger partial charge on any atom is 3.00 e. The Hall–Kier alpha value is 1.91. The quantitative estimate of drug-likeness (QED) is 0.602.